The second kappa shape index (κ2) is 9.00. The minimum absolute atomic E-state index is 0.176. The van der Waals surface area contributed by atoms with Crippen molar-refractivity contribution < 1.29 is 18.8 Å². The van der Waals surface area contributed by atoms with Gasteiger partial charge in [0.15, 0.2) is 0 Å². The summed E-state index contributed by atoms with van der Waals surface area (Å²) in [5.41, 5.74) is 3.99. The zero-order valence-corrected chi connectivity index (χ0v) is 18.7. The number of imide groups is 2. The Morgan fingerprint density at radius 2 is 1.76 bits per heavy atom. The summed E-state index contributed by atoms with van der Waals surface area (Å²) in [5, 5.41) is 2.65. The van der Waals surface area contributed by atoms with Crippen LogP contribution in [0.25, 0.3) is 6.08 Å². The van der Waals surface area contributed by atoms with Crippen LogP contribution >= 0.6 is 11.6 Å². The monoisotopic (exact) mass is 462 g/mol. The van der Waals surface area contributed by atoms with Gasteiger partial charge in [-0.25, -0.2) is 14.1 Å². The number of carbonyl (C=O) groups is 3. The molecule has 1 fully saturated rings. The van der Waals surface area contributed by atoms with Gasteiger partial charge in [-0.2, -0.15) is 0 Å². The molecule has 1 heterocycles. The summed E-state index contributed by atoms with van der Waals surface area (Å²) in [5.74, 6) is -1.81. The molecule has 1 aliphatic rings. The number of amides is 4. The third-order valence-corrected chi connectivity index (χ3v) is 5.94. The van der Waals surface area contributed by atoms with Gasteiger partial charge in [0.25, 0.3) is 11.8 Å². The van der Waals surface area contributed by atoms with Gasteiger partial charge in [0.05, 0.1) is 5.69 Å². The zero-order valence-electron chi connectivity index (χ0n) is 18.0. The molecule has 5 nitrogen and oxygen atoms in total. The van der Waals surface area contributed by atoms with Crippen molar-refractivity contribution in [2.45, 2.75) is 20.3 Å². The van der Waals surface area contributed by atoms with Crippen LogP contribution in [0, 0.1) is 19.7 Å². The van der Waals surface area contributed by atoms with E-state index in [1.165, 1.54) is 18.2 Å². The molecule has 0 radical (unpaired) electrons. The lowest BCUT2D eigenvalue weighted by molar-refractivity contribution is -0.122. The van der Waals surface area contributed by atoms with Gasteiger partial charge in [0.2, 0.25) is 0 Å². The number of halogens is 2. The topological polar surface area (TPSA) is 66.5 Å². The summed E-state index contributed by atoms with van der Waals surface area (Å²) in [4.78, 5) is 39.0. The lowest BCUT2D eigenvalue weighted by atomic mass is 10.0. The fraction of sp³-hybridized carbons (Fsp3) is 0.115. The molecule has 0 aromatic heterocycles. The normalized spacial score (nSPS) is 15.2. The van der Waals surface area contributed by atoms with Crippen molar-refractivity contribution in [2.75, 3.05) is 4.90 Å². The number of barbiturate groups is 1. The first-order valence-electron chi connectivity index (χ1n) is 10.2. The highest BCUT2D eigenvalue weighted by Gasteiger charge is 2.37. The molecule has 4 rings (SSSR count). The van der Waals surface area contributed by atoms with Gasteiger partial charge >= 0.3 is 6.03 Å². The van der Waals surface area contributed by atoms with E-state index in [0.717, 1.165) is 27.2 Å². The number of benzene rings is 3. The van der Waals surface area contributed by atoms with Crippen LogP contribution in [-0.4, -0.2) is 17.8 Å². The van der Waals surface area contributed by atoms with E-state index in [-0.39, 0.29) is 11.4 Å². The van der Waals surface area contributed by atoms with Crippen molar-refractivity contribution >= 4 is 41.2 Å². The van der Waals surface area contributed by atoms with E-state index in [9.17, 15) is 18.8 Å². The standard InChI is InChI=1S/C26H20ClFN2O3/c1-15-5-3-8-23(16(15)2)30-25(32)21(24(31)29-26(30)33)13-18-9-10-19(22(27)14-18)11-17-6-4-7-20(28)12-17/h3-10,12-14H,11H2,1-2H3,(H,29,31,33)/b21-13+. The van der Waals surface area contributed by atoms with Crippen LogP contribution < -0.4 is 10.2 Å². The van der Waals surface area contributed by atoms with Gasteiger partial charge in [-0.3, -0.25) is 14.9 Å². The van der Waals surface area contributed by atoms with Gasteiger partial charge in [-0.15, -0.1) is 0 Å². The Morgan fingerprint density at radius 1 is 1.00 bits per heavy atom. The van der Waals surface area contributed by atoms with E-state index >= 15 is 0 Å². The highest BCUT2D eigenvalue weighted by Crippen LogP contribution is 2.28. The second-order valence-corrected chi connectivity index (χ2v) is 8.24. The Kier molecular flexibility index (Phi) is 6.11. The van der Waals surface area contributed by atoms with Crippen LogP contribution in [0.3, 0.4) is 0 Å². The number of nitrogens with one attached hydrogen (secondary N) is 1. The minimum atomic E-state index is -0.792. The van der Waals surface area contributed by atoms with Crippen LogP contribution in [0.2, 0.25) is 5.02 Å². The van der Waals surface area contributed by atoms with Crippen LogP contribution in [0.1, 0.15) is 27.8 Å². The third kappa shape index (κ3) is 4.56. The molecule has 7 heteroatoms. The molecular formula is C26H20ClFN2O3. The molecule has 4 amide bonds. The number of hydrogen-bond acceptors (Lipinski definition) is 3. The molecule has 0 saturated carbocycles. The highest BCUT2D eigenvalue weighted by atomic mass is 35.5. The number of rotatable bonds is 4. The average Bonchev–Trinajstić information content (AvgIpc) is 2.76. The number of aryl methyl sites for hydroxylation is 1. The Hall–Kier alpha value is -3.77. The summed E-state index contributed by atoms with van der Waals surface area (Å²) >= 11 is 6.42. The SMILES string of the molecule is Cc1cccc(N2C(=O)NC(=O)/C(=C\c3ccc(Cc4cccc(F)c4)c(Cl)c3)C2=O)c1C. The van der Waals surface area contributed by atoms with Crippen LogP contribution in [-0.2, 0) is 16.0 Å². The smallest absolute Gasteiger partial charge is 0.273 e. The quantitative estimate of drug-likeness (QED) is 0.419. The maximum Gasteiger partial charge on any atom is 0.335 e. The van der Waals surface area contributed by atoms with Crippen molar-refractivity contribution in [3.63, 3.8) is 0 Å². The van der Waals surface area contributed by atoms with Crippen molar-refractivity contribution in [2.24, 2.45) is 0 Å². The molecule has 3 aromatic carbocycles. The number of anilines is 1. The Balaban J connectivity index is 1.65. The van der Waals surface area contributed by atoms with Crippen LogP contribution in [0.4, 0.5) is 14.9 Å². The summed E-state index contributed by atoms with van der Waals surface area (Å²) < 4.78 is 13.5. The fourth-order valence-corrected chi connectivity index (χ4v) is 3.94. The maximum absolute atomic E-state index is 13.5. The highest BCUT2D eigenvalue weighted by molar-refractivity contribution is 6.39. The summed E-state index contributed by atoms with van der Waals surface area (Å²) in [6, 6.07) is 15.8. The first-order chi connectivity index (χ1) is 15.7. The predicted molar refractivity (Wildman–Crippen MR) is 126 cm³/mol. The lowest BCUT2D eigenvalue weighted by Gasteiger charge is -2.28. The van der Waals surface area contributed by atoms with Crippen molar-refractivity contribution in [1.29, 1.82) is 0 Å². The van der Waals surface area contributed by atoms with E-state index in [4.69, 9.17) is 11.6 Å². The molecule has 1 saturated heterocycles. The van der Waals surface area contributed by atoms with Gasteiger partial charge in [-0.05, 0) is 78.4 Å². The maximum atomic E-state index is 13.5. The number of urea groups is 1. The predicted octanol–water partition coefficient (Wildman–Crippen LogP) is 5.35. The molecular weight excluding hydrogens is 443 g/mol. The molecule has 1 N–H and O–H groups in total. The Bertz CT molecular complexity index is 1330. The number of nitrogens with zero attached hydrogens (tertiary/aromatic N) is 1. The van der Waals surface area contributed by atoms with E-state index in [0.29, 0.717) is 22.7 Å². The van der Waals surface area contributed by atoms with Crippen LogP contribution in [0.15, 0.2) is 66.2 Å². The molecule has 1 aliphatic heterocycles. The van der Waals surface area contributed by atoms with E-state index in [1.807, 2.05) is 19.9 Å². The zero-order chi connectivity index (χ0) is 23.7. The number of hydrogen-bond donors (Lipinski definition) is 1. The average molecular weight is 463 g/mol. The van der Waals surface area contributed by atoms with Crippen molar-refractivity contribution in [3.8, 4) is 0 Å². The molecule has 0 atom stereocenters. The first kappa shape index (κ1) is 22.4. The molecule has 166 valence electrons. The van der Waals surface area contributed by atoms with Crippen LogP contribution in [0.5, 0.6) is 0 Å². The van der Waals surface area contributed by atoms with E-state index in [2.05, 4.69) is 5.32 Å². The largest absolute Gasteiger partial charge is 0.335 e. The Morgan fingerprint density at radius 3 is 2.48 bits per heavy atom. The molecule has 0 bridgehead atoms. The van der Waals surface area contributed by atoms with E-state index < -0.39 is 17.8 Å². The molecule has 0 aliphatic carbocycles. The number of carbonyl (C=O) groups excluding carboxylic acids is 3. The van der Waals surface area contributed by atoms with Gasteiger partial charge in [0.1, 0.15) is 11.4 Å². The van der Waals surface area contributed by atoms with Gasteiger partial charge < -0.3 is 0 Å². The Labute approximate surface area is 195 Å². The van der Waals surface area contributed by atoms with Gasteiger partial charge in [0, 0.05) is 5.02 Å². The summed E-state index contributed by atoms with van der Waals surface area (Å²) in [6.07, 6.45) is 1.84. The lowest BCUT2D eigenvalue weighted by Crippen LogP contribution is -2.54. The van der Waals surface area contributed by atoms with E-state index in [1.54, 1.807) is 42.5 Å². The third-order valence-electron chi connectivity index (χ3n) is 5.59. The molecule has 0 spiro atoms. The second-order valence-electron chi connectivity index (χ2n) is 7.83. The molecule has 3 aromatic rings. The molecule has 0 unspecified atom stereocenters. The minimum Gasteiger partial charge on any atom is -0.273 e. The van der Waals surface area contributed by atoms with Crippen molar-refractivity contribution in [3.05, 3.63) is 105 Å². The summed E-state index contributed by atoms with van der Waals surface area (Å²) in [6.45, 7) is 3.68. The van der Waals surface area contributed by atoms with Gasteiger partial charge in [-0.1, -0.05) is 48.0 Å². The van der Waals surface area contributed by atoms with Crippen molar-refractivity contribution in [1.82, 2.24) is 5.32 Å². The fourth-order valence-electron chi connectivity index (χ4n) is 3.68. The first-order valence-corrected chi connectivity index (χ1v) is 10.6. The summed E-state index contributed by atoms with van der Waals surface area (Å²) in [7, 11) is 0. The molecule has 33 heavy (non-hydrogen) atoms.